The molecule has 0 radical (unpaired) electrons. The molecule has 0 saturated carbocycles. The Balaban J connectivity index is 2.06. The molecule has 19 heavy (non-hydrogen) atoms. The lowest BCUT2D eigenvalue weighted by Gasteiger charge is -2.15. The number of carbonyl (C=O) groups excluding carboxylic acids is 1. The molecule has 1 aliphatic rings. The van der Waals surface area contributed by atoms with E-state index in [-0.39, 0.29) is 11.3 Å². The molecule has 0 bridgehead atoms. The van der Waals surface area contributed by atoms with Crippen LogP contribution in [0.3, 0.4) is 0 Å². The maximum Gasteiger partial charge on any atom is 0.275 e. The summed E-state index contributed by atoms with van der Waals surface area (Å²) in [6.45, 7) is -0.470. The van der Waals surface area contributed by atoms with Gasteiger partial charge in [-0.1, -0.05) is 5.92 Å². The van der Waals surface area contributed by atoms with E-state index in [0.717, 1.165) is 0 Å². The second-order valence-corrected chi connectivity index (χ2v) is 4.02. The van der Waals surface area contributed by atoms with Gasteiger partial charge in [-0.05, 0) is 0 Å². The van der Waals surface area contributed by atoms with Gasteiger partial charge in [0.15, 0.2) is 11.9 Å². The van der Waals surface area contributed by atoms with Crippen molar-refractivity contribution in [3.05, 3.63) is 17.5 Å². The van der Waals surface area contributed by atoms with Gasteiger partial charge in [-0.15, -0.1) is 6.42 Å². The summed E-state index contributed by atoms with van der Waals surface area (Å²) in [6, 6.07) is 0. The van der Waals surface area contributed by atoms with Crippen LogP contribution < -0.4 is 5.32 Å². The maximum atomic E-state index is 11.9. The minimum atomic E-state index is -1.34. The van der Waals surface area contributed by atoms with E-state index in [0.29, 0.717) is 0 Å². The topological polar surface area (TPSA) is 128 Å². The summed E-state index contributed by atoms with van der Waals surface area (Å²) in [5.41, 5.74) is 0.254. The highest BCUT2D eigenvalue weighted by atomic mass is 16.6. The fourth-order valence-corrected chi connectivity index (χ4v) is 1.79. The monoisotopic (exact) mass is 267 g/mol. The van der Waals surface area contributed by atoms with Crippen molar-refractivity contribution in [3.8, 4) is 12.3 Å². The quantitative estimate of drug-likeness (QED) is 0.387. The van der Waals surface area contributed by atoms with Crippen LogP contribution in [-0.4, -0.2) is 62.6 Å². The van der Waals surface area contributed by atoms with Gasteiger partial charge in [-0.25, -0.2) is 0 Å². The molecule has 1 amide bonds. The number of aliphatic hydroxyl groups excluding tert-OH is 3. The SMILES string of the molecule is C#Cc1c[nH]nc1C(=O)N[C@@H]1O[C@H](CO)[C@@H](O)[C@H]1O. The van der Waals surface area contributed by atoms with Crippen LogP contribution in [0.1, 0.15) is 16.1 Å². The minimum absolute atomic E-state index is 0.0137. The van der Waals surface area contributed by atoms with E-state index in [9.17, 15) is 15.0 Å². The summed E-state index contributed by atoms with van der Waals surface area (Å²) in [5, 5.41) is 36.6. The van der Waals surface area contributed by atoms with Crippen molar-refractivity contribution in [2.45, 2.75) is 24.5 Å². The maximum absolute atomic E-state index is 11.9. The van der Waals surface area contributed by atoms with Crippen LogP contribution >= 0.6 is 0 Å². The van der Waals surface area contributed by atoms with Crippen molar-refractivity contribution in [1.29, 1.82) is 0 Å². The summed E-state index contributed by atoms with van der Waals surface area (Å²) in [7, 11) is 0. The number of aromatic nitrogens is 2. The van der Waals surface area contributed by atoms with E-state index >= 15 is 0 Å². The van der Waals surface area contributed by atoms with Crippen molar-refractivity contribution in [3.63, 3.8) is 0 Å². The molecule has 1 fully saturated rings. The molecular formula is C11H13N3O5. The molecule has 1 aliphatic heterocycles. The number of hydrogen-bond acceptors (Lipinski definition) is 6. The Hall–Kier alpha value is -1.92. The largest absolute Gasteiger partial charge is 0.394 e. The number of H-pyrrole nitrogens is 1. The van der Waals surface area contributed by atoms with Crippen molar-refractivity contribution >= 4 is 5.91 Å². The average Bonchev–Trinajstić information content (AvgIpc) is 2.98. The minimum Gasteiger partial charge on any atom is -0.394 e. The van der Waals surface area contributed by atoms with Crippen molar-refractivity contribution < 1.29 is 24.9 Å². The Kier molecular flexibility index (Phi) is 3.82. The predicted molar refractivity (Wildman–Crippen MR) is 61.7 cm³/mol. The molecule has 4 atom stereocenters. The molecule has 8 nitrogen and oxygen atoms in total. The summed E-state index contributed by atoms with van der Waals surface area (Å²) >= 11 is 0. The summed E-state index contributed by atoms with van der Waals surface area (Å²) in [6.07, 6.45) is 1.87. The van der Waals surface area contributed by atoms with Gasteiger partial charge in [-0.3, -0.25) is 9.89 Å². The molecule has 5 N–H and O–H groups in total. The third kappa shape index (κ3) is 2.45. The molecule has 8 heteroatoms. The zero-order valence-electron chi connectivity index (χ0n) is 9.78. The second-order valence-electron chi connectivity index (χ2n) is 4.02. The Morgan fingerprint density at radius 2 is 2.32 bits per heavy atom. The highest BCUT2D eigenvalue weighted by Gasteiger charge is 2.43. The number of amides is 1. The van der Waals surface area contributed by atoms with Crippen LogP contribution in [0.15, 0.2) is 6.20 Å². The Labute approximate surface area is 108 Å². The smallest absolute Gasteiger partial charge is 0.275 e. The molecule has 2 rings (SSSR count). The van der Waals surface area contributed by atoms with E-state index in [4.69, 9.17) is 16.3 Å². The number of rotatable bonds is 3. The number of ether oxygens (including phenoxy) is 1. The van der Waals surface area contributed by atoms with Gasteiger partial charge in [0.25, 0.3) is 5.91 Å². The summed E-state index contributed by atoms with van der Waals surface area (Å²) < 4.78 is 5.11. The number of terminal acetylenes is 1. The van der Waals surface area contributed by atoms with Crippen LogP contribution in [0.4, 0.5) is 0 Å². The van der Waals surface area contributed by atoms with E-state index in [2.05, 4.69) is 21.4 Å². The lowest BCUT2D eigenvalue weighted by Crippen LogP contribution is -2.44. The number of nitrogens with zero attached hydrogens (tertiary/aromatic N) is 1. The first-order valence-corrected chi connectivity index (χ1v) is 5.52. The highest BCUT2D eigenvalue weighted by molar-refractivity contribution is 5.94. The lowest BCUT2D eigenvalue weighted by molar-refractivity contribution is -0.0305. The third-order valence-corrected chi connectivity index (χ3v) is 2.83. The highest BCUT2D eigenvalue weighted by Crippen LogP contribution is 2.19. The van der Waals surface area contributed by atoms with Crippen LogP contribution in [0.25, 0.3) is 0 Å². The Morgan fingerprint density at radius 1 is 1.58 bits per heavy atom. The first-order valence-electron chi connectivity index (χ1n) is 5.52. The second kappa shape index (κ2) is 5.38. The van der Waals surface area contributed by atoms with Gasteiger partial charge in [0.1, 0.15) is 18.3 Å². The first-order chi connectivity index (χ1) is 9.08. The van der Waals surface area contributed by atoms with Crippen LogP contribution in [0.2, 0.25) is 0 Å². The molecule has 0 aromatic carbocycles. The molecule has 102 valence electrons. The van der Waals surface area contributed by atoms with E-state index < -0.39 is 37.1 Å². The molecule has 0 spiro atoms. The molecule has 1 aromatic heterocycles. The normalized spacial score (nSPS) is 30.0. The molecular weight excluding hydrogens is 254 g/mol. The van der Waals surface area contributed by atoms with Crippen LogP contribution in [-0.2, 0) is 4.74 Å². The predicted octanol–water partition coefficient (Wildman–Crippen LogP) is -2.44. The number of aliphatic hydroxyl groups is 3. The number of hydrogen-bond donors (Lipinski definition) is 5. The van der Waals surface area contributed by atoms with Crippen molar-refractivity contribution in [2.75, 3.05) is 6.61 Å². The zero-order valence-corrected chi connectivity index (χ0v) is 9.78. The van der Waals surface area contributed by atoms with Gasteiger partial charge in [0.05, 0.1) is 12.2 Å². The van der Waals surface area contributed by atoms with Crippen molar-refractivity contribution in [1.82, 2.24) is 15.5 Å². The van der Waals surface area contributed by atoms with E-state index in [1.54, 1.807) is 0 Å². The average molecular weight is 267 g/mol. The van der Waals surface area contributed by atoms with E-state index in [1.165, 1.54) is 6.20 Å². The van der Waals surface area contributed by atoms with Gasteiger partial charge in [0, 0.05) is 6.20 Å². The van der Waals surface area contributed by atoms with E-state index in [1.807, 2.05) is 0 Å². The molecule has 0 aliphatic carbocycles. The lowest BCUT2D eigenvalue weighted by atomic mass is 10.1. The summed E-state index contributed by atoms with van der Waals surface area (Å²) in [5.74, 6) is 1.62. The van der Waals surface area contributed by atoms with Crippen LogP contribution in [0.5, 0.6) is 0 Å². The molecule has 1 aromatic rings. The Morgan fingerprint density at radius 3 is 2.89 bits per heavy atom. The van der Waals surface area contributed by atoms with Crippen LogP contribution in [0, 0.1) is 12.3 Å². The molecule has 1 saturated heterocycles. The fraction of sp³-hybridized carbons (Fsp3) is 0.455. The number of aromatic amines is 1. The number of nitrogens with one attached hydrogen (secondary N) is 2. The van der Waals surface area contributed by atoms with Gasteiger partial charge >= 0.3 is 0 Å². The van der Waals surface area contributed by atoms with Gasteiger partial charge in [-0.2, -0.15) is 5.10 Å². The summed E-state index contributed by atoms with van der Waals surface area (Å²) in [4.78, 5) is 11.9. The standard InChI is InChI=1S/C11H13N3O5/c1-2-5-3-12-14-7(5)10(18)13-11-9(17)8(16)6(4-15)19-11/h1,3,6,8-9,11,15-17H,4H2,(H,12,14)(H,13,18)/t6-,8-,9-,11-/m1/s1. The molecule has 2 heterocycles. The fourth-order valence-electron chi connectivity index (χ4n) is 1.79. The molecule has 0 unspecified atom stereocenters. The zero-order chi connectivity index (χ0) is 14.0. The van der Waals surface area contributed by atoms with Gasteiger partial charge in [0.2, 0.25) is 0 Å². The van der Waals surface area contributed by atoms with Gasteiger partial charge < -0.3 is 25.4 Å². The third-order valence-electron chi connectivity index (χ3n) is 2.83. The van der Waals surface area contributed by atoms with Crippen molar-refractivity contribution in [2.24, 2.45) is 0 Å². The Bertz CT molecular complexity index is 509. The first kappa shape index (κ1) is 13.5. The number of carbonyl (C=O) groups is 1.